The van der Waals surface area contributed by atoms with Gasteiger partial charge in [0.1, 0.15) is 24.2 Å². The number of aliphatic carboxylic acids is 1. The molecule has 0 saturated carbocycles. The topological polar surface area (TPSA) is 195 Å². The highest BCUT2D eigenvalue weighted by atomic mass is 16.4. The van der Waals surface area contributed by atoms with E-state index in [0.717, 1.165) is 13.0 Å². The maximum absolute atomic E-state index is 12.8. The van der Waals surface area contributed by atoms with Crippen LogP contribution >= 0.6 is 0 Å². The van der Waals surface area contributed by atoms with Crippen molar-refractivity contribution in [2.45, 2.75) is 91.0 Å². The van der Waals surface area contributed by atoms with Gasteiger partial charge in [0.15, 0.2) is 0 Å². The van der Waals surface area contributed by atoms with Crippen LogP contribution in [0.3, 0.4) is 0 Å². The third-order valence-corrected chi connectivity index (χ3v) is 5.89. The standard InChI is InChI=1S/C24H42N6O7/c1-12(2)10-17(29-21(33)16-8-7-9-25-16)22(34)27-14(5)20(32)26-11-18(31)30-19(13(3)4)23(35)28-15(6)24(36)37/h12-17,19,25H,7-11H2,1-6H3,(H,26,32)(H,27,34)(H,28,35)(H,29,33)(H,30,31)(H,36,37)/t14-,15-,16-,17-,19-/m0/s1. The fourth-order valence-electron chi connectivity index (χ4n) is 3.71. The maximum atomic E-state index is 12.8. The second kappa shape index (κ2) is 15.1. The van der Waals surface area contributed by atoms with E-state index in [1.807, 2.05) is 13.8 Å². The molecule has 1 aliphatic heterocycles. The van der Waals surface area contributed by atoms with Gasteiger partial charge in [0.25, 0.3) is 0 Å². The zero-order valence-corrected chi connectivity index (χ0v) is 22.5. The lowest BCUT2D eigenvalue weighted by molar-refractivity contribution is -0.142. The van der Waals surface area contributed by atoms with E-state index in [9.17, 15) is 28.8 Å². The first-order chi connectivity index (χ1) is 17.2. The van der Waals surface area contributed by atoms with Crippen molar-refractivity contribution >= 4 is 35.5 Å². The van der Waals surface area contributed by atoms with E-state index >= 15 is 0 Å². The fraction of sp³-hybridized carbons (Fsp3) is 0.750. The van der Waals surface area contributed by atoms with Crippen molar-refractivity contribution in [2.24, 2.45) is 11.8 Å². The molecule has 0 aromatic carbocycles. The molecule has 1 aliphatic rings. The number of carbonyl (C=O) groups excluding carboxylic acids is 5. The highest BCUT2D eigenvalue weighted by molar-refractivity contribution is 5.95. The van der Waals surface area contributed by atoms with Crippen molar-refractivity contribution in [3.63, 3.8) is 0 Å². The number of rotatable bonds is 14. The Labute approximate surface area is 217 Å². The van der Waals surface area contributed by atoms with Crippen molar-refractivity contribution in [1.82, 2.24) is 31.9 Å². The van der Waals surface area contributed by atoms with Crippen LogP contribution < -0.4 is 31.9 Å². The zero-order chi connectivity index (χ0) is 28.3. The van der Waals surface area contributed by atoms with Gasteiger partial charge in [0, 0.05) is 0 Å². The molecule has 0 aromatic heterocycles. The molecule has 0 bridgehead atoms. The van der Waals surface area contributed by atoms with E-state index < -0.39 is 60.3 Å². The SMILES string of the molecule is CC(C)C[C@H](NC(=O)[C@@H]1CCCN1)C(=O)N[C@@H](C)C(=O)NCC(=O)N[C@H](C(=O)N[C@@H](C)C(=O)O)C(C)C. The van der Waals surface area contributed by atoms with Gasteiger partial charge in [0.2, 0.25) is 29.5 Å². The summed E-state index contributed by atoms with van der Waals surface area (Å²) in [7, 11) is 0. The van der Waals surface area contributed by atoms with Crippen molar-refractivity contribution in [2.75, 3.05) is 13.1 Å². The van der Waals surface area contributed by atoms with Crippen LogP contribution in [0.2, 0.25) is 0 Å². The number of amides is 5. The highest BCUT2D eigenvalue weighted by Gasteiger charge is 2.30. The number of carboxylic acids is 1. The van der Waals surface area contributed by atoms with Crippen LogP contribution in [-0.4, -0.2) is 83.9 Å². The van der Waals surface area contributed by atoms with Crippen LogP contribution in [0.5, 0.6) is 0 Å². The minimum absolute atomic E-state index is 0.116. The number of hydrogen-bond acceptors (Lipinski definition) is 7. The second-order valence-corrected chi connectivity index (χ2v) is 10.1. The van der Waals surface area contributed by atoms with E-state index in [0.29, 0.717) is 12.8 Å². The molecule has 5 atom stereocenters. The predicted molar refractivity (Wildman–Crippen MR) is 135 cm³/mol. The highest BCUT2D eigenvalue weighted by Crippen LogP contribution is 2.09. The van der Waals surface area contributed by atoms with Crippen molar-refractivity contribution in [3.8, 4) is 0 Å². The van der Waals surface area contributed by atoms with Crippen LogP contribution in [0.25, 0.3) is 0 Å². The summed E-state index contributed by atoms with van der Waals surface area (Å²) in [5.74, 6) is -4.13. The van der Waals surface area contributed by atoms with Gasteiger partial charge in [-0.3, -0.25) is 28.8 Å². The number of hydrogen-bond donors (Lipinski definition) is 7. The van der Waals surface area contributed by atoms with Gasteiger partial charge in [-0.25, -0.2) is 0 Å². The van der Waals surface area contributed by atoms with Gasteiger partial charge in [-0.1, -0.05) is 27.7 Å². The number of nitrogens with one attached hydrogen (secondary N) is 6. The Kier molecular flexibility index (Phi) is 13.0. The first-order valence-electron chi connectivity index (χ1n) is 12.7. The molecule has 1 heterocycles. The monoisotopic (exact) mass is 526 g/mol. The maximum Gasteiger partial charge on any atom is 0.325 e. The Morgan fingerprint density at radius 1 is 0.838 bits per heavy atom. The van der Waals surface area contributed by atoms with E-state index in [4.69, 9.17) is 5.11 Å². The number of carboxylic acid groups (broad SMARTS) is 1. The third-order valence-electron chi connectivity index (χ3n) is 5.89. The largest absolute Gasteiger partial charge is 0.480 e. The van der Waals surface area contributed by atoms with Gasteiger partial charge in [-0.15, -0.1) is 0 Å². The Hall–Kier alpha value is -3.22. The molecule has 0 aliphatic carbocycles. The summed E-state index contributed by atoms with van der Waals surface area (Å²) in [5, 5.41) is 24.6. The third kappa shape index (κ3) is 11.1. The predicted octanol–water partition coefficient (Wildman–Crippen LogP) is -1.38. The van der Waals surface area contributed by atoms with Crippen molar-refractivity contribution in [3.05, 3.63) is 0 Å². The Morgan fingerprint density at radius 3 is 1.97 bits per heavy atom. The van der Waals surface area contributed by atoms with Crippen LogP contribution in [-0.2, 0) is 28.8 Å². The summed E-state index contributed by atoms with van der Waals surface area (Å²) in [5.41, 5.74) is 0. The Morgan fingerprint density at radius 2 is 1.46 bits per heavy atom. The molecule has 0 radical (unpaired) electrons. The van der Waals surface area contributed by atoms with Crippen LogP contribution in [0.15, 0.2) is 0 Å². The van der Waals surface area contributed by atoms with Crippen LogP contribution in [0.4, 0.5) is 0 Å². The minimum atomic E-state index is -1.21. The van der Waals surface area contributed by atoms with E-state index in [2.05, 4.69) is 31.9 Å². The smallest absolute Gasteiger partial charge is 0.325 e. The lowest BCUT2D eigenvalue weighted by Gasteiger charge is -2.24. The molecule has 1 fully saturated rings. The average molecular weight is 527 g/mol. The first-order valence-corrected chi connectivity index (χ1v) is 12.7. The summed E-state index contributed by atoms with van der Waals surface area (Å²) in [4.78, 5) is 73.4. The van der Waals surface area contributed by atoms with Gasteiger partial charge >= 0.3 is 5.97 Å². The summed E-state index contributed by atoms with van der Waals surface area (Å²) in [6.07, 6.45) is 1.97. The number of carbonyl (C=O) groups is 6. The molecule has 210 valence electrons. The summed E-state index contributed by atoms with van der Waals surface area (Å²) in [6.45, 7) is 10.2. The van der Waals surface area contributed by atoms with Gasteiger partial charge in [-0.2, -0.15) is 0 Å². The molecular formula is C24H42N6O7. The molecule has 7 N–H and O–H groups in total. The Balaban J connectivity index is 2.62. The normalized spacial score (nSPS) is 18.3. The second-order valence-electron chi connectivity index (χ2n) is 10.1. The zero-order valence-electron chi connectivity index (χ0n) is 22.5. The first kappa shape index (κ1) is 31.8. The molecule has 13 heteroatoms. The van der Waals surface area contributed by atoms with Crippen molar-refractivity contribution < 1.29 is 33.9 Å². The summed E-state index contributed by atoms with van der Waals surface area (Å²) in [6, 6.07) is -4.28. The molecule has 5 amide bonds. The lowest BCUT2D eigenvalue weighted by atomic mass is 10.0. The summed E-state index contributed by atoms with van der Waals surface area (Å²) < 4.78 is 0. The van der Waals surface area contributed by atoms with Gasteiger partial charge in [0.05, 0.1) is 12.6 Å². The summed E-state index contributed by atoms with van der Waals surface area (Å²) >= 11 is 0. The molecule has 0 unspecified atom stereocenters. The van der Waals surface area contributed by atoms with Crippen LogP contribution in [0.1, 0.15) is 60.8 Å². The molecule has 37 heavy (non-hydrogen) atoms. The van der Waals surface area contributed by atoms with E-state index in [1.54, 1.807) is 13.8 Å². The molecule has 1 saturated heterocycles. The molecule has 13 nitrogen and oxygen atoms in total. The quantitative estimate of drug-likeness (QED) is 0.144. The van der Waals surface area contributed by atoms with E-state index in [1.165, 1.54) is 13.8 Å². The van der Waals surface area contributed by atoms with Crippen LogP contribution in [0, 0.1) is 11.8 Å². The minimum Gasteiger partial charge on any atom is -0.480 e. The molecule has 0 spiro atoms. The average Bonchev–Trinajstić information content (AvgIpc) is 3.34. The molecule has 0 aromatic rings. The fourth-order valence-corrected chi connectivity index (χ4v) is 3.71. The molecule has 1 rings (SSSR count). The lowest BCUT2D eigenvalue weighted by Crippen LogP contribution is -2.56. The van der Waals surface area contributed by atoms with Gasteiger partial charge < -0.3 is 37.0 Å². The van der Waals surface area contributed by atoms with Crippen molar-refractivity contribution in [1.29, 1.82) is 0 Å². The molecular weight excluding hydrogens is 484 g/mol. The van der Waals surface area contributed by atoms with Gasteiger partial charge in [-0.05, 0) is 51.5 Å². The van der Waals surface area contributed by atoms with E-state index in [-0.39, 0.29) is 23.8 Å². The Bertz CT molecular complexity index is 841.